The smallest absolute Gasteiger partial charge is 0.200 e. The Morgan fingerprint density at radius 2 is 1.55 bits per heavy atom. The molecule has 0 aromatic heterocycles. The monoisotopic (exact) mass is 602 g/mol. The van der Waals surface area contributed by atoms with E-state index in [1.807, 2.05) is 38.1 Å². The minimum Gasteiger partial charge on any atom is -0.497 e. The van der Waals surface area contributed by atoms with Crippen molar-refractivity contribution in [3.63, 3.8) is 0 Å². The molecule has 0 bridgehead atoms. The topological polar surface area (TPSA) is 46.2 Å². The van der Waals surface area contributed by atoms with Crippen LogP contribution in [-0.4, -0.2) is 46.1 Å². The number of allylic oxidation sites excluding steroid dienone is 2. The van der Waals surface area contributed by atoms with Crippen LogP contribution in [0.4, 0.5) is 0 Å². The third kappa shape index (κ3) is 11.2. The summed E-state index contributed by atoms with van der Waals surface area (Å²) < 4.78 is 30.8. The van der Waals surface area contributed by atoms with Gasteiger partial charge in [0.15, 0.2) is 5.79 Å². The van der Waals surface area contributed by atoms with Crippen molar-refractivity contribution < 1.29 is 23.4 Å². The molecular formula is C36H62O5Si. The third-order valence-corrected chi connectivity index (χ3v) is 14.8. The molecule has 42 heavy (non-hydrogen) atoms. The van der Waals surface area contributed by atoms with Gasteiger partial charge in [0.05, 0.1) is 26.4 Å². The van der Waals surface area contributed by atoms with Crippen LogP contribution in [0.25, 0.3) is 0 Å². The number of methoxy groups -OCH3 is 1. The van der Waals surface area contributed by atoms with Crippen molar-refractivity contribution >= 4 is 8.32 Å². The lowest BCUT2D eigenvalue weighted by Crippen LogP contribution is -2.50. The van der Waals surface area contributed by atoms with Gasteiger partial charge >= 0.3 is 0 Å². The highest BCUT2D eigenvalue weighted by molar-refractivity contribution is 6.77. The third-order valence-electron chi connectivity index (χ3n) is 8.61. The molecule has 0 aliphatic carbocycles. The summed E-state index contributed by atoms with van der Waals surface area (Å²) in [5.41, 5.74) is 4.20. The van der Waals surface area contributed by atoms with E-state index < -0.39 is 14.1 Å². The summed E-state index contributed by atoms with van der Waals surface area (Å²) >= 11 is 0. The summed E-state index contributed by atoms with van der Waals surface area (Å²) in [7, 11) is -0.202. The second-order valence-corrected chi connectivity index (χ2v) is 19.3. The minimum atomic E-state index is -1.88. The molecule has 1 aromatic rings. The fourth-order valence-electron chi connectivity index (χ4n) is 6.84. The van der Waals surface area contributed by atoms with Crippen molar-refractivity contribution in [3.8, 4) is 5.75 Å². The van der Waals surface area contributed by atoms with Gasteiger partial charge in [-0.3, -0.25) is 0 Å². The standard InChI is InChI=1S/C36H62O5Si/c1-26(2)42(27(3)4,28(5)6)41-31(9)22-30(8)23-35-34(39-36(10,11)40-35)17-15-13-14-16-29(7)24-38-25-32-18-20-33(37-12)21-19-32/h15-21,26-28,30-31,34-35H,13-14,22-25H2,1-12H3/b17-15+,29-16+/t30-,31+,34+,35+/m1/s1. The SMILES string of the molecule is COc1ccc(COC/C(C)=C/CC/C=C/[C@@H]2OC(C)(C)O[C@H]2C[C@H](C)C[C@H](C)O[Si](C(C)C)(C(C)C)C(C)C)cc1. The zero-order chi connectivity index (χ0) is 31.5. The summed E-state index contributed by atoms with van der Waals surface area (Å²) in [6.45, 7) is 26.2. The van der Waals surface area contributed by atoms with Crippen molar-refractivity contribution in [2.75, 3.05) is 13.7 Å². The van der Waals surface area contributed by atoms with Gasteiger partial charge in [-0.25, -0.2) is 0 Å². The van der Waals surface area contributed by atoms with Crippen LogP contribution in [0, 0.1) is 5.92 Å². The molecule has 1 aromatic carbocycles. The Bertz CT molecular complexity index is 944. The zero-order valence-electron chi connectivity index (χ0n) is 28.9. The van der Waals surface area contributed by atoms with Gasteiger partial charge in [-0.05, 0) is 93.6 Å². The van der Waals surface area contributed by atoms with Crippen molar-refractivity contribution in [2.24, 2.45) is 5.92 Å². The fraction of sp³-hybridized carbons (Fsp3) is 0.722. The maximum Gasteiger partial charge on any atom is 0.200 e. The van der Waals surface area contributed by atoms with E-state index in [4.69, 9.17) is 23.4 Å². The van der Waals surface area contributed by atoms with E-state index in [1.54, 1.807) is 7.11 Å². The van der Waals surface area contributed by atoms with Gasteiger partial charge in [0.2, 0.25) is 8.32 Å². The zero-order valence-corrected chi connectivity index (χ0v) is 29.9. The second-order valence-electron chi connectivity index (χ2n) is 13.9. The van der Waals surface area contributed by atoms with Crippen molar-refractivity contribution in [1.29, 1.82) is 0 Å². The van der Waals surface area contributed by atoms with Crippen molar-refractivity contribution in [1.82, 2.24) is 0 Å². The van der Waals surface area contributed by atoms with Gasteiger partial charge < -0.3 is 23.4 Å². The number of unbranched alkanes of at least 4 members (excludes halogenated alkanes) is 1. The normalized spacial score (nSPS) is 21.2. The van der Waals surface area contributed by atoms with E-state index in [2.05, 4.69) is 80.5 Å². The first-order valence-electron chi connectivity index (χ1n) is 16.3. The van der Waals surface area contributed by atoms with Crippen LogP contribution in [0.1, 0.15) is 107 Å². The molecule has 2 rings (SSSR count). The van der Waals surface area contributed by atoms with E-state index in [9.17, 15) is 0 Å². The van der Waals surface area contributed by atoms with Crippen LogP contribution < -0.4 is 4.74 Å². The van der Waals surface area contributed by atoms with Crippen LogP contribution >= 0.6 is 0 Å². The molecule has 0 amide bonds. The van der Waals surface area contributed by atoms with Crippen LogP contribution in [0.5, 0.6) is 5.75 Å². The average molecular weight is 603 g/mol. The highest BCUT2D eigenvalue weighted by Crippen LogP contribution is 2.43. The lowest BCUT2D eigenvalue weighted by atomic mass is 9.95. The van der Waals surface area contributed by atoms with Gasteiger partial charge in [0, 0.05) is 6.10 Å². The number of hydrogen-bond acceptors (Lipinski definition) is 5. The first-order chi connectivity index (χ1) is 19.7. The molecule has 0 saturated carbocycles. The molecule has 0 unspecified atom stereocenters. The molecule has 4 atom stereocenters. The van der Waals surface area contributed by atoms with Crippen LogP contribution in [-0.2, 0) is 25.2 Å². The van der Waals surface area contributed by atoms with Crippen LogP contribution in [0.15, 0.2) is 48.1 Å². The van der Waals surface area contributed by atoms with Gasteiger partial charge in [-0.1, -0.05) is 84.4 Å². The predicted octanol–water partition coefficient (Wildman–Crippen LogP) is 10.0. The first-order valence-corrected chi connectivity index (χ1v) is 18.4. The Hall–Kier alpha value is -1.44. The number of ether oxygens (including phenoxy) is 4. The van der Waals surface area contributed by atoms with E-state index >= 15 is 0 Å². The number of hydrogen-bond donors (Lipinski definition) is 0. The summed E-state index contributed by atoms with van der Waals surface area (Å²) in [6.07, 6.45) is 11.0. The Morgan fingerprint density at radius 3 is 2.12 bits per heavy atom. The number of rotatable bonds is 18. The van der Waals surface area contributed by atoms with Gasteiger partial charge in [-0.2, -0.15) is 0 Å². The highest BCUT2D eigenvalue weighted by atomic mass is 28.4. The molecule has 1 saturated heterocycles. The lowest BCUT2D eigenvalue weighted by Gasteiger charge is -2.44. The van der Waals surface area contributed by atoms with E-state index in [0.29, 0.717) is 35.8 Å². The molecule has 1 aliphatic heterocycles. The molecule has 240 valence electrons. The minimum absolute atomic E-state index is 0.0213. The van der Waals surface area contributed by atoms with Gasteiger partial charge in [0.25, 0.3) is 0 Å². The summed E-state index contributed by atoms with van der Waals surface area (Å²) in [6, 6.07) is 8.01. The van der Waals surface area contributed by atoms with Crippen molar-refractivity contribution in [3.05, 3.63) is 53.6 Å². The van der Waals surface area contributed by atoms with Gasteiger partial charge in [-0.15, -0.1) is 0 Å². The molecular weight excluding hydrogens is 540 g/mol. The summed E-state index contributed by atoms with van der Waals surface area (Å²) in [4.78, 5) is 0. The molecule has 0 spiro atoms. The largest absolute Gasteiger partial charge is 0.497 e. The molecule has 1 heterocycles. The molecule has 1 aliphatic rings. The number of benzene rings is 1. The molecule has 0 N–H and O–H groups in total. The molecule has 6 heteroatoms. The Kier molecular flexibility index (Phi) is 15.0. The Balaban J connectivity index is 1.83. The van der Waals surface area contributed by atoms with Crippen molar-refractivity contribution in [2.45, 2.75) is 149 Å². The van der Waals surface area contributed by atoms with Crippen LogP contribution in [0.3, 0.4) is 0 Å². The van der Waals surface area contributed by atoms with E-state index in [0.717, 1.165) is 37.0 Å². The summed E-state index contributed by atoms with van der Waals surface area (Å²) in [5.74, 6) is 0.790. The van der Waals surface area contributed by atoms with E-state index in [1.165, 1.54) is 5.57 Å². The lowest BCUT2D eigenvalue weighted by molar-refractivity contribution is -0.144. The first kappa shape index (κ1) is 36.7. The Labute approximate surface area is 259 Å². The average Bonchev–Trinajstić information content (AvgIpc) is 3.19. The summed E-state index contributed by atoms with van der Waals surface area (Å²) in [5, 5.41) is 0. The second kappa shape index (κ2) is 17.2. The highest BCUT2D eigenvalue weighted by Gasteiger charge is 2.46. The fourth-order valence-corrected chi connectivity index (χ4v) is 12.4. The van der Waals surface area contributed by atoms with Gasteiger partial charge in [0.1, 0.15) is 11.9 Å². The van der Waals surface area contributed by atoms with E-state index in [-0.39, 0.29) is 18.3 Å². The molecule has 0 radical (unpaired) electrons. The molecule has 5 nitrogen and oxygen atoms in total. The maximum absolute atomic E-state index is 7.03. The maximum atomic E-state index is 7.03. The van der Waals surface area contributed by atoms with Crippen LogP contribution in [0.2, 0.25) is 16.6 Å². The quantitative estimate of drug-likeness (QED) is 0.0950. The molecule has 1 fully saturated rings. The Morgan fingerprint density at radius 1 is 0.929 bits per heavy atom. The predicted molar refractivity (Wildman–Crippen MR) is 179 cm³/mol.